The fourth-order valence-corrected chi connectivity index (χ4v) is 5.72. The number of rotatable bonds is 6. The molecule has 1 N–H and O–H groups in total. The molecule has 2 saturated heterocycles. The second kappa shape index (κ2) is 9.11. The number of hydrogen-bond donors (Lipinski definition) is 1. The third kappa shape index (κ3) is 4.53. The number of fused-ring (bicyclic) bond motifs is 1. The number of likely N-dealkylation sites (tertiary alicyclic amines) is 1. The molecule has 1 saturated carbocycles. The number of carbonyl (C=O) groups excluding carboxylic acids is 2. The second-order valence-corrected chi connectivity index (χ2v) is 10.2. The van der Waals surface area contributed by atoms with Gasteiger partial charge in [0.2, 0.25) is 5.91 Å². The Labute approximate surface area is 196 Å². The van der Waals surface area contributed by atoms with E-state index in [1.165, 1.54) is 12.8 Å². The van der Waals surface area contributed by atoms with E-state index in [1.54, 1.807) is 4.90 Å². The molecule has 178 valence electrons. The van der Waals surface area contributed by atoms with Crippen LogP contribution in [0.4, 0.5) is 0 Å². The van der Waals surface area contributed by atoms with Crippen LogP contribution in [0, 0.1) is 0 Å². The molecule has 1 aromatic carbocycles. The van der Waals surface area contributed by atoms with Crippen LogP contribution in [0.15, 0.2) is 30.5 Å². The topological polar surface area (TPSA) is 71.1 Å². The quantitative estimate of drug-likeness (QED) is 0.716. The molecule has 0 radical (unpaired) electrons. The van der Waals surface area contributed by atoms with Gasteiger partial charge in [-0.05, 0) is 69.7 Å². The fraction of sp³-hybridized carbons (Fsp3) is 0.615. The molecular weight excluding hydrogens is 418 g/mol. The number of nitrogens with one attached hydrogen (secondary N) is 1. The molecule has 5 rings (SSSR count). The van der Waals surface area contributed by atoms with E-state index in [9.17, 15) is 9.59 Å². The third-order valence-corrected chi connectivity index (χ3v) is 7.37. The highest BCUT2D eigenvalue weighted by Gasteiger charge is 2.40. The predicted molar refractivity (Wildman–Crippen MR) is 125 cm³/mol. The molecule has 1 unspecified atom stereocenters. The van der Waals surface area contributed by atoms with Crippen LogP contribution in [0.1, 0.15) is 68.3 Å². The second-order valence-electron chi connectivity index (χ2n) is 10.2. The van der Waals surface area contributed by atoms with Gasteiger partial charge in [-0.1, -0.05) is 13.0 Å². The zero-order valence-corrected chi connectivity index (χ0v) is 19.7. The lowest BCUT2D eigenvalue weighted by atomic mass is 9.89. The Morgan fingerprint density at radius 2 is 1.91 bits per heavy atom. The lowest BCUT2D eigenvalue weighted by Crippen LogP contribution is -2.61. The Morgan fingerprint density at radius 1 is 1.12 bits per heavy atom. The highest BCUT2D eigenvalue weighted by atomic mass is 16.5. The van der Waals surface area contributed by atoms with E-state index in [-0.39, 0.29) is 24.0 Å². The smallest absolute Gasteiger partial charge is 0.255 e. The Morgan fingerprint density at radius 3 is 2.67 bits per heavy atom. The van der Waals surface area contributed by atoms with Gasteiger partial charge >= 0.3 is 0 Å². The highest BCUT2D eigenvalue weighted by Crippen LogP contribution is 2.34. The summed E-state index contributed by atoms with van der Waals surface area (Å²) < 4.78 is 12.5. The summed E-state index contributed by atoms with van der Waals surface area (Å²) in [4.78, 5) is 29.6. The molecule has 0 bridgehead atoms. The van der Waals surface area contributed by atoms with E-state index in [4.69, 9.17) is 9.47 Å². The molecule has 2 amide bonds. The summed E-state index contributed by atoms with van der Waals surface area (Å²) in [7, 11) is 0. The minimum atomic E-state index is -0.435. The molecule has 3 atom stereocenters. The van der Waals surface area contributed by atoms with E-state index in [0.29, 0.717) is 37.1 Å². The summed E-state index contributed by atoms with van der Waals surface area (Å²) in [6.07, 6.45) is 6.69. The van der Waals surface area contributed by atoms with Gasteiger partial charge in [0.25, 0.3) is 5.91 Å². The molecule has 7 nitrogen and oxygen atoms in total. The number of hydrogen-bond acceptors (Lipinski definition) is 5. The Bertz CT molecular complexity index is 939. The van der Waals surface area contributed by atoms with Gasteiger partial charge < -0.3 is 19.7 Å². The first-order valence-electron chi connectivity index (χ1n) is 12.4. The van der Waals surface area contributed by atoms with Gasteiger partial charge in [0.1, 0.15) is 17.9 Å². The van der Waals surface area contributed by atoms with Crippen molar-refractivity contribution in [3.63, 3.8) is 0 Å². The SMILES string of the molecule is C=C1CCC(N2Cc3cc(O[C@@H]4CCCC[C@@H]4N4CC(OC(C)C)C4)ccc3C2=O)C(=O)N1. The number of amides is 2. The van der Waals surface area contributed by atoms with Crippen molar-refractivity contribution in [1.29, 1.82) is 0 Å². The van der Waals surface area contributed by atoms with E-state index in [2.05, 4.69) is 30.6 Å². The number of ether oxygens (including phenoxy) is 2. The van der Waals surface area contributed by atoms with Crippen molar-refractivity contribution in [2.45, 2.75) is 89.3 Å². The lowest BCUT2D eigenvalue weighted by Gasteiger charge is -2.48. The summed E-state index contributed by atoms with van der Waals surface area (Å²) in [6, 6.07) is 5.75. The molecule has 7 heteroatoms. The van der Waals surface area contributed by atoms with Gasteiger partial charge in [-0.15, -0.1) is 0 Å². The molecule has 3 heterocycles. The summed E-state index contributed by atoms with van der Waals surface area (Å²) in [5, 5.41) is 2.79. The minimum absolute atomic E-state index is 0.0727. The molecule has 0 aromatic heterocycles. The maximum Gasteiger partial charge on any atom is 0.255 e. The van der Waals surface area contributed by atoms with Crippen LogP contribution in [0.3, 0.4) is 0 Å². The van der Waals surface area contributed by atoms with Crippen LogP contribution in [0.25, 0.3) is 0 Å². The molecule has 3 fully saturated rings. The van der Waals surface area contributed by atoms with Gasteiger partial charge in [-0.3, -0.25) is 14.5 Å². The van der Waals surface area contributed by atoms with Crippen LogP contribution in [0.2, 0.25) is 0 Å². The van der Waals surface area contributed by atoms with Crippen molar-refractivity contribution < 1.29 is 19.1 Å². The number of carbonyl (C=O) groups is 2. The van der Waals surface area contributed by atoms with Gasteiger partial charge in [0.15, 0.2) is 0 Å². The van der Waals surface area contributed by atoms with Crippen molar-refractivity contribution in [1.82, 2.24) is 15.1 Å². The van der Waals surface area contributed by atoms with Gasteiger partial charge in [-0.25, -0.2) is 0 Å². The molecule has 1 aromatic rings. The zero-order chi connectivity index (χ0) is 23.1. The molecular formula is C26H35N3O4. The van der Waals surface area contributed by atoms with E-state index in [1.807, 2.05) is 18.2 Å². The maximum absolute atomic E-state index is 13.0. The van der Waals surface area contributed by atoms with Crippen molar-refractivity contribution in [2.24, 2.45) is 0 Å². The molecule has 1 aliphatic carbocycles. The van der Waals surface area contributed by atoms with Crippen LogP contribution in [-0.4, -0.2) is 65.1 Å². The van der Waals surface area contributed by atoms with E-state index >= 15 is 0 Å². The van der Waals surface area contributed by atoms with E-state index in [0.717, 1.165) is 42.9 Å². The minimum Gasteiger partial charge on any atom is -0.489 e. The van der Waals surface area contributed by atoms with Crippen molar-refractivity contribution in [3.8, 4) is 5.75 Å². The molecule has 4 aliphatic rings. The summed E-state index contributed by atoms with van der Waals surface area (Å²) in [6.45, 7) is 10.4. The van der Waals surface area contributed by atoms with Crippen LogP contribution < -0.4 is 10.1 Å². The lowest BCUT2D eigenvalue weighted by molar-refractivity contribution is -0.126. The maximum atomic E-state index is 13.0. The molecule has 3 aliphatic heterocycles. The van der Waals surface area contributed by atoms with Crippen LogP contribution in [0.5, 0.6) is 5.75 Å². The Kier molecular flexibility index (Phi) is 6.18. The monoisotopic (exact) mass is 453 g/mol. The van der Waals surface area contributed by atoms with Crippen molar-refractivity contribution >= 4 is 11.8 Å². The number of piperidine rings is 1. The van der Waals surface area contributed by atoms with E-state index < -0.39 is 6.04 Å². The standard InChI is InChI=1S/C26H35N3O4/c1-16(2)32-20-14-28(15-20)22-6-4-5-7-24(22)33-19-9-10-21-18(12-19)13-29(26(21)31)23-11-8-17(3)27-25(23)30/h9-10,12,16,20,22-24H,3-8,11,13-15H2,1-2H3,(H,27,30)/t22-,23?,24+/m0/s1. The number of benzene rings is 1. The highest BCUT2D eigenvalue weighted by molar-refractivity contribution is 6.01. The summed E-state index contributed by atoms with van der Waals surface area (Å²) in [5.41, 5.74) is 2.34. The largest absolute Gasteiger partial charge is 0.489 e. The summed E-state index contributed by atoms with van der Waals surface area (Å²) in [5.74, 6) is 0.608. The Hall–Kier alpha value is -2.38. The first-order valence-corrected chi connectivity index (χ1v) is 12.4. The predicted octanol–water partition coefficient (Wildman–Crippen LogP) is 3.23. The normalized spacial score (nSPS) is 28.6. The Balaban J connectivity index is 1.24. The van der Waals surface area contributed by atoms with Crippen LogP contribution >= 0.6 is 0 Å². The van der Waals surface area contributed by atoms with Gasteiger partial charge in [-0.2, -0.15) is 0 Å². The number of allylic oxidation sites excluding steroid dienone is 1. The molecule has 0 spiro atoms. The van der Waals surface area contributed by atoms with Gasteiger partial charge in [0, 0.05) is 36.9 Å². The molecule has 33 heavy (non-hydrogen) atoms. The van der Waals surface area contributed by atoms with Crippen molar-refractivity contribution in [3.05, 3.63) is 41.6 Å². The van der Waals surface area contributed by atoms with Gasteiger partial charge in [0.05, 0.1) is 12.2 Å². The van der Waals surface area contributed by atoms with Crippen LogP contribution in [-0.2, 0) is 16.1 Å². The average molecular weight is 454 g/mol. The zero-order valence-electron chi connectivity index (χ0n) is 19.7. The first kappa shape index (κ1) is 22.4. The fourth-order valence-electron chi connectivity index (χ4n) is 5.72. The third-order valence-electron chi connectivity index (χ3n) is 7.37. The summed E-state index contributed by atoms with van der Waals surface area (Å²) >= 11 is 0. The van der Waals surface area contributed by atoms with Crippen molar-refractivity contribution in [2.75, 3.05) is 13.1 Å². The first-order chi connectivity index (χ1) is 15.9. The number of nitrogens with zero attached hydrogens (tertiary/aromatic N) is 2. The average Bonchev–Trinajstić information content (AvgIpc) is 3.06.